The topological polar surface area (TPSA) is 15.3 Å². The number of hydrogen-bond donors (Lipinski definition) is 1. The first-order valence-electron chi connectivity index (χ1n) is 6.26. The predicted octanol–water partition coefficient (Wildman–Crippen LogP) is 1.86. The normalized spacial score (nSPS) is 21.9. The highest BCUT2D eigenvalue weighted by Gasteiger charge is 2.22. The fourth-order valence-corrected chi connectivity index (χ4v) is 1.93. The quantitative estimate of drug-likeness (QED) is 0.596. The zero-order chi connectivity index (χ0) is 9.80. The van der Waals surface area contributed by atoms with Crippen LogP contribution in [0.15, 0.2) is 0 Å². The van der Waals surface area contributed by atoms with Crippen LogP contribution in [0.4, 0.5) is 0 Å². The molecule has 2 saturated carbocycles. The third kappa shape index (κ3) is 4.43. The van der Waals surface area contributed by atoms with E-state index in [9.17, 15) is 0 Å². The van der Waals surface area contributed by atoms with E-state index in [0.29, 0.717) is 0 Å². The maximum Gasteiger partial charge on any atom is 0.00682 e. The van der Waals surface area contributed by atoms with Crippen LogP contribution in [0.5, 0.6) is 0 Å². The van der Waals surface area contributed by atoms with E-state index >= 15 is 0 Å². The molecule has 0 heterocycles. The van der Waals surface area contributed by atoms with E-state index in [1.807, 2.05) is 0 Å². The molecule has 0 spiro atoms. The van der Waals surface area contributed by atoms with Crippen molar-refractivity contribution >= 4 is 0 Å². The summed E-state index contributed by atoms with van der Waals surface area (Å²) in [7, 11) is 2.27. The lowest BCUT2D eigenvalue weighted by Gasteiger charge is -2.15. The molecule has 14 heavy (non-hydrogen) atoms. The Labute approximate surface area is 88.1 Å². The first kappa shape index (κ1) is 10.4. The molecule has 0 saturated heterocycles. The summed E-state index contributed by atoms with van der Waals surface area (Å²) in [4.78, 5) is 2.51. The SMILES string of the molecule is CN(CCCCNC1CC1)CC1CC1. The van der Waals surface area contributed by atoms with Crippen molar-refractivity contribution in [3.8, 4) is 0 Å². The molecule has 2 aliphatic carbocycles. The summed E-state index contributed by atoms with van der Waals surface area (Å²) in [5.41, 5.74) is 0. The number of unbranched alkanes of at least 4 members (excludes halogenated alkanes) is 1. The summed E-state index contributed by atoms with van der Waals surface area (Å²) in [6.45, 7) is 3.88. The summed E-state index contributed by atoms with van der Waals surface area (Å²) in [6, 6.07) is 0.888. The Morgan fingerprint density at radius 1 is 1.14 bits per heavy atom. The van der Waals surface area contributed by atoms with Gasteiger partial charge in [0.25, 0.3) is 0 Å². The Balaban J connectivity index is 1.37. The van der Waals surface area contributed by atoms with E-state index < -0.39 is 0 Å². The molecule has 2 fully saturated rings. The minimum absolute atomic E-state index is 0.888. The molecular formula is C12H24N2. The van der Waals surface area contributed by atoms with Crippen LogP contribution in [-0.2, 0) is 0 Å². The minimum Gasteiger partial charge on any atom is -0.314 e. The Kier molecular flexibility index (Phi) is 3.82. The molecule has 0 bridgehead atoms. The predicted molar refractivity (Wildman–Crippen MR) is 60.5 cm³/mol. The Bertz CT molecular complexity index is 162. The van der Waals surface area contributed by atoms with Gasteiger partial charge in [0, 0.05) is 12.6 Å². The second-order valence-corrected chi connectivity index (χ2v) is 5.14. The molecule has 0 aliphatic heterocycles. The van der Waals surface area contributed by atoms with Gasteiger partial charge in [-0.1, -0.05) is 0 Å². The minimum atomic E-state index is 0.888. The Hall–Kier alpha value is -0.0800. The lowest BCUT2D eigenvalue weighted by Crippen LogP contribution is -2.24. The average molecular weight is 196 g/mol. The summed E-state index contributed by atoms with van der Waals surface area (Å²) >= 11 is 0. The monoisotopic (exact) mass is 196 g/mol. The highest BCUT2D eigenvalue weighted by molar-refractivity contribution is 4.80. The largest absolute Gasteiger partial charge is 0.314 e. The number of nitrogens with zero attached hydrogens (tertiary/aromatic N) is 1. The van der Waals surface area contributed by atoms with Crippen molar-refractivity contribution in [1.82, 2.24) is 10.2 Å². The van der Waals surface area contributed by atoms with Gasteiger partial charge in [0.2, 0.25) is 0 Å². The van der Waals surface area contributed by atoms with Gasteiger partial charge in [0.05, 0.1) is 0 Å². The third-order valence-electron chi connectivity index (χ3n) is 3.24. The Morgan fingerprint density at radius 3 is 2.57 bits per heavy atom. The van der Waals surface area contributed by atoms with Gasteiger partial charge >= 0.3 is 0 Å². The molecule has 0 radical (unpaired) electrons. The summed E-state index contributed by atoms with van der Waals surface area (Å²) in [5, 5.41) is 3.56. The van der Waals surface area contributed by atoms with Crippen molar-refractivity contribution in [3.63, 3.8) is 0 Å². The maximum absolute atomic E-state index is 3.56. The molecule has 2 rings (SSSR count). The second-order valence-electron chi connectivity index (χ2n) is 5.14. The maximum atomic E-state index is 3.56. The summed E-state index contributed by atoms with van der Waals surface area (Å²) < 4.78 is 0. The van der Waals surface area contributed by atoms with Gasteiger partial charge < -0.3 is 10.2 Å². The fraction of sp³-hybridized carbons (Fsp3) is 1.00. The van der Waals surface area contributed by atoms with Crippen molar-refractivity contribution < 1.29 is 0 Å². The van der Waals surface area contributed by atoms with E-state index in [0.717, 1.165) is 12.0 Å². The molecule has 0 unspecified atom stereocenters. The number of nitrogens with one attached hydrogen (secondary N) is 1. The van der Waals surface area contributed by atoms with Gasteiger partial charge in [0.1, 0.15) is 0 Å². The van der Waals surface area contributed by atoms with E-state index in [1.54, 1.807) is 0 Å². The fourth-order valence-electron chi connectivity index (χ4n) is 1.93. The molecule has 0 amide bonds. The van der Waals surface area contributed by atoms with Gasteiger partial charge in [-0.25, -0.2) is 0 Å². The van der Waals surface area contributed by atoms with Crippen LogP contribution in [0.3, 0.4) is 0 Å². The van der Waals surface area contributed by atoms with Crippen LogP contribution in [0.25, 0.3) is 0 Å². The molecule has 0 atom stereocenters. The van der Waals surface area contributed by atoms with E-state index in [4.69, 9.17) is 0 Å². The molecule has 2 aliphatic rings. The third-order valence-corrected chi connectivity index (χ3v) is 3.24. The van der Waals surface area contributed by atoms with E-state index in [1.165, 1.54) is 58.2 Å². The van der Waals surface area contributed by atoms with Crippen LogP contribution in [0.2, 0.25) is 0 Å². The molecule has 82 valence electrons. The Morgan fingerprint density at radius 2 is 1.93 bits per heavy atom. The first-order chi connectivity index (χ1) is 6.84. The molecule has 0 aromatic rings. The lowest BCUT2D eigenvalue weighted by molar-refractivity contribution is 0.312. The van der Waals surface area contributed by atoms with Crippen molar-refractivity contribution in [1.29, 1.82) is 0 Å². The molecular weight excluding hydrogens is 172 g/mol. The summed E-state index contributed by atoms with van der Waals surface area (Å²) in [5.74, 6) is 1.05. The smallest absolute Gasteiger partial charge is 0.00682 e. The lowest BCUT2D eigenvalue weighted by atomic mass is 10.3. The van der Waals surface area contributed by atoms with Gasteiger partial charge in [-0.15, -0.1) is 0 Å². The standard InChI is InChI=1S/C12H24N2/c1-14(10-11-4-5-11)9-3-2-8-13-12-6-7-12/h11-13H,2-10H2,1H3. The first-order valence-corrected chi connectivity index (χ1v) is 6.26. The molecule has 0 aromatic carbocycles. The zero-order valence-electron chi connectivity index (χ0n) is 9.47. The molecule has 0 aromatic heterocycles. The van der Waals surface area contributed by atoms with Crippen LogP contribution >= 0.6 is 0 Å². The van der Waals surface area contributed by atoms with Gasteiger partial charge in [-0.2, -0.15) is 0 Å². The zero-order valence-corrected chi connectivity index (χ0v) is 9.47. The van der Waals surface area contributed by atoms with Crippen LogP contribution in [0.1, 0.15) is 38.5 Å². The van der Waals surface area contributed by atoms with Crippen molar-refractivity contribution in [2.75, 3.05) is 26.7 Å². The van der Waals surface area contributed by atoms with Crippen LogP contribution in [-0.4, -0.2) is 37.6 Å². The van der Waals surface area contributed by atoms with E-state index in [-0.39, 0.29) is 0 Å². The van der Waals surface area contributed by atoms with Gasteiger partial charge in [-0.05, 0) is 64.6 Å². The average Bonchev–Trinajstić information content (AvgIpc) is 2.97. The van der Waals surface area contributed by atoms with Crippen molar-refractivity contribution in [2.45, 2.75) is 44.6 Å². The van der Waals surface area contributed by atoms with Gasteiger partial charge in [-0.3, -0.25) is 0 Å². The summed E-state index contributed by atoms with van der Waals surface area (Å²) in [6.07, 6.45) is 8.51. The van der Waals surface area contributed by atoms with Crippen LogP contribution in [0, 0.1) is 5.92 Å². The van der Waals surface area contributed by atoms with Crippen molar-refractivity contribution in [2.24, 2.45) is 5.92 Å². The van der Waals surface area contributed by atoms with E-state index in [2.05, 4.69) is 17.3 Å². The highest BCUT2D eigenvalue weighted by Crippen LogP contribution is 2.29. The number of hydrogen-bond acceptors (Lipinski definition) is 2. The molecule has 1 N–H and O–H groups in total. The van der Waals surface area contributed by atoms with Crippen molar-refractivity contribution in [3.05, 3.63) is 0 Å². The van der Waals surface area contributed by atoms with Gasteiger partial charge in [0.15, 0.2) is 0 Å². The number of rotatable bonds is 8. The molecule has 2 heteroatoms. The molecule has 2 nitrogen and oxygen atoms in total. The van der Waals surface area contributed by atoms with Crippen LogP contribution < -0.4 is 5.32 Å². The highest BCUT2D eigenvalue weighted by atomic mass is 15.1. The second kappa shape index (κ2) is 5.13.